The molecule has 1 N–H and O–H groups in total. The first-order valence-electron chi connectivity index (χ1n) is 10.5. The molecule has 32 heavy (non-hydrogen) atoms. The summed E-state index contributed by atoms with van der Waals surface area (Å²) >= 11 is 0. The molecule has 2 aromatic carbocycles. The average Bonchev–Trinajstić information content (AvgIpc) is 3.43. The maximum Gasteiger partial charge on any atom is 0.414 e. The number of carbonyl (C=O) groups excluding carboxylic acids is 3. The number of anilines is 1. The highest BCUT2D eigenvalue weighted by Gasteiger charge is 2.32. The summed E-state index contributed by atoms with van der Waals surface area (Å²) in [6.07, 6.45) is 1.33. The maximum absolute atomic E-state index is 12.2. The van der Waals surface area contributed by atoms with E-state index in [4.69, 9.17) is 9.47 Å². The Morgan fingerprint density at radius 3 is 2.59 bits per heavy atom. The van der Waals surface area contributed by atoms with Crippen LogP contribution in [-0.4, -0.2) is 61.9 Å². The minimum absolute atomic E-state index is 0.155. The van der Waals surface area contributed by atoms with Gasteiger partial charge in [0, 0.05) is 25.7 Å². The lowest BCUT2D eigenvalue weighted by molar-refractivity contribution is -0.119. The van der Waals surface area contributed by atoms with Crippen LogP contribution in [0.15, 0.2) is 60.7 Å². The number of carbonyl (C=O) groups is 3. The first-order valence-corrected chi connectivity index (χ1v) is 10.5. The predicted octanol–water partition coefficient (Wildman–Crippen LogP) is 2.66. The van der Waals surface area contributed by atoms with Crippen LogP contribution in [0.3, 0.4) is 0 Å². The summed E-state index contributed by atoms with van der Waals surface area (Å²) in [5.74, 6) is -0.490. The molecule has 2 aromatic rings. The fourth-order valence-electron chi connectivity index (χ4n) is 3.68. The van der Waals surface area contributed by atoms with Crippen LogP contribution in [0.2, 0.25) is 0 Å². The van der Waals surface area contributed by atoms with Crippen LogP contribution in [-0.2, 0) is 14.3 Å². The summed E-state index contributed by atoms with van der Waals surface area (Å²) in [7, 11) is 0. The van der Waals surface area contributed by atoms with Crippen molar-refractivity contribution in [2.24, 2.45) is 0 Å². The SMILES string of the molecule is CC(=O)NC[C@H]1CN(c2ccc(C3=CCN(COC(=O)c4ccccc4)C3)cc2)C(=O)O1. The van der Waals surface area contributed by atoms with Crippen LogP contribution < -0.4 is 10.2 Å². The van der Waals surface area contributed by atoms with Gasteiger partial charge in [-0.1, -0.05) is 36.4 Å². The maximum atomic E-state index is 12.2. The lowest BCUT2D eigenvalue weighted by Gasteiger charge is -2.17. The van der Waals surface area contributed by atoms with Crippen molar-refractivity contribution in [2.75, 3.05) is 37.8 Å². The van der Waals surface area contributed by atoms with E-state index in [0.29, 0.717) is 31.7 Å². The number of ether oxygens (including phenoxy) is 2. The molecule has 0 spiro atoms. The zero-order valence-corrected chi connectivity index (χ0v) is 17.8. The lowest BCUT2D eigenvalue weighted by atomic mass is 10.1. The van der Waals surface area contributed by atoms with Crippen LogP contribution in [0.4, 0.5) is 10.5 Å². The number of rotatable bonds is 7. The Morgan fingerprint density at radius 2 is 1.88 bits per heavy atom. The third-order valence-electron chi connectivity index (χ3n) is 5.38. The highest BCUT2D eigenvalue weighted by atomic mass is 16.6. The number of esters is 1. The number of benzene rings is 2. The quantitative estimate of drug-likeness (QED) is 0.673. The molecule has 0 saturated carbocycles. The van der Waals surface area contributed by atoms with Crippen molar-refractivity contribution in [1.82, 2.24) is 10.2 Å². The van der Waals surface area contributed by atoms with Gasteiger partial charge in [-0.05, 0) is 35.4 Å². The van der Waals surface area contributed by atoms with Gasteiger partial charge in [-0.25, -0.2) is 9.59 Å². The molecule has 1 atom stereocenters. The molecule has 0 aliphatic carbocycles. The first kappa shape index (κ1) is 21.6. The molecule has 166 valence electrons. The highest BCUT2D eigenvalue weighted by molar-refractivity contribution is 5.90. The molecular weight excluding hydrogens is 410 g/mol. The molecule has 2 aliphatic heterocycles. The van der Waals surface area contributed by atoms with Gasteiger partial charge in [0.2, 0.25) is 5.91 Å². The Kier molecular flexibility index (Phi) is 6.51. The van der Waals surface area contributed by atoms with Crippen molar-refractivity contribution in [2.45, 2.75) is 13.0 Å². The summed E-state index contributed by atoms with van der Waals surface area (Å²) in [5, 5.41) is 2.67. The zero-order chi connectivity index (χ0) is 22.5. The molecular formula is C24H25N3O5. The third kappa shape index (κ3) is 5.15. The second kappa shape index (κ2) is 9.65. The van der Waals surface area contributed by atoms with E-state index >= 15 is 0 Å². The van der Waals surface area contributed by atoms with E-state index < -0.39 is 6.09 Å². The Labute approximate surface area is 186 Å². The number of nitrogens with one attached hydrogen (secondary N) is 1. The Hall–Kier alpha value is -3.65. The van der Waals surface area contributed by atoms with E-state index in [1.54, 1.807) is 29.2 Å². The molecule has 2 aliphatic rings. The molecule has 0 unspecified atom stereocenters. The lowest BCUT2D eigenvalue weighted by Crippen LogP contribution is -2.33. The van der Waals surface area contributed by atoms with Gasteiger partial charge in [0.05, 0.1) is 18.7 Å². The number of hydrogen-bond donors (Lipinski definition) is 1. The number of cyclic esters (lactones) is 1. The fourth-order valence-corrected chi connectivity index (χ4v) is 3.68. The van der Waals surface area contributed by atoms with Crippen LogP contribution in [0.5, 0.6) is 0 Å². The van der Waals surface area contributed by atoms with Gasteiger partial charge in [0.1, 0.15) is 12.8 Å². The van der Waals surface area contributed by atoms with E-state index in [9.17, 15) is 14.4 Å². The van der Waals surface area contributed by atoms with Crippen molar-refractivity contribution in [3.05, 3.63) is 71.8 Å². The van der Waals surface area contributed by atoms with Gasteiger partial charge in [-0.15, -0.1) is 0 Å². The molecule has 0 aromatic heterocycles. The van der Waals surface area contributed by atoms with Gasteiger partial charge in [0.15, 0.2) is 0 Å². The number of nitrogens with zero attached hydrogens (tertiary/aromatic N) is 2. The van der Waals surface area contributed by atoms with Crippen molar-refractivity contribution in [3.8, 4) is 0 Å². The fraction of sp³-hybridized carbons (Fsp3) is 0.292. The van der Waals surface area contributed by atoms with Crippen molar-refractivity contribution < 1.29 is 23.9 Å². The highest BCUT2D eigenvalue weighted by Crippen LogP contribution is 2.26. The van der Waals surface area contributed by atoms with E-state index in [-0.39, 0.29) is 24.7 Å². The number of amides is 2. The molecule has 1 saturated heterocycles. The van der Waals surface area contributed by atoms with Crippen LogP contribution in [0.25, 0.3) is 5.57 Å². The first-order chi connectivity index (χ1) is 15.5. The summed E-state index contributed by atoms with van der Waals surface area (Å²) in [5.41, 5.74) is 3.47. The smallest absolute Gasteiger partial charge is 0.414 e. The van der Waals surface area contributed by atoms with Gasteiger partial charge in [0.25, 0.3) is 0 Å². The molecule has 8 nitrogen and oxygen atoms in total. The Balaban J connectivity index is 1.29. The van der Waals surface area contributed by atoms with Crippen molar-refractivity contribution in [1.29, 1.82) is 0 Å². The molecule has 0 bridgehead atoms. The van der Waals surface area contributed by atoms with E-state index in [0.717, 1.165) is 16.8 Å². The van der Waals surface area contributed by atoms with Crippen LogP contribution >= 0.6 is 0 Å². The summed E-state index contributed by atoms with van der Waals surface area (Å²) in [6, 6.07) is 16.6. The second-order valence-corrected chi connectivity index (χ2v) is 7.77. The van der Waals surface area contributed by atoms with E-state index in [1.807, 2.05) is 35.2 Å². The van der Waals surface area contributed by atoms with E-state index in [2.05, 4.69) is 11.4 Å². The predicted molar refractivity (Wildman–Crippen MR) is 119 cm³/mol. The zero-order valence-electron chi connectivity index (χ0n) is 17.8. The van der Waals surface area contributed by atoms with Gasteiger partial charge in [-0.3, -0.25) is 14.6 Å². The minimum atomic E-state index is -0.417. The van der Waals surface area contributed by atoms with Gasteiger partial charge < -0.3 is 14.8 Å². The summed E-state index contributed by atoms with van der Waals surface area (Å²) in [6.45, 7) is 3.71. The second-order valence-electron chi connectivity index (χ2n) is 7.77. The summed E-state index contributed by atoms with van der Waals surface area (Å²) in [4.78, 5) is 38.9. The molecule has 4 rings (SSSR count). The Morgan fingerprint density at radius 1 is 1.12 bits per heavy atom. The largest absolute Gasteiger partial charge is 0.446 e. The topological polar surface area (TPSA) is 88.2 Å². The van der Waals surface area contributed by atoms with Gasteiger partial charge in [-0.2, -0.15) is 0 Å². The molecule has 2 heterocycles. The standard InChI is InChI=1S/C24H25N3O5/c1-17(28)25-13-22-15-27(24(30)32-22)21-9-7-18(8-10-21)20-11-12-26(14-20)16-31-23(29)19-5-3-2-4-6-19/h2-11,22H,12-16H2,1H3,(H,25,28)/t22-/m0/s1. The third-order valence-corrected chi connectivity index (χ3v) is 5.38. The normalized spacial score (nSPS) is 18.3. The van der Waals surface area contributed by atoms with E-state index in [1.165, 1.54) is 6.92 Å². The van der Waals surface area contributed by atoms with Crippen molar-refractivity contribution >= 4 is 29.2 Å². The minimum Gasteiger partial charge on any atom is -0.446 e. The monoisotopic (exact) mass is 435 g/mol. The number of hydrogen-bond acceptors (Lipinski definition) is 6. The van der Waals surface area contributed by atoms with Crippen LogP contribution in [0, 0.1) is 0 Å². The van der Waals surface area contributed by atoms with Crippen LogP contribution in [0.1, 0.15) is 22.8 Å². The molecule has 0 radical (unpaired) electrons. The molecule has 1 fully saturated rings. The average molecular weight is 435 g/mol. The Bertz CT molecular complexity index is 1020. The van der Waals surface area contributed by atoms with Gasteiger partial charge >= 0.3 is 12.1 Å². The summed E-state index contributed by atoms with van der Waals surface area (Å²) < 4.78 is 10.7. The molecule has 8 heteroatoms. The van der Waals surface area contributed by atoms with Crippen molar-refractivity contribution in [3.63, 3.8) is 0 Å². The molecule has 2 amide bonds.